The Morgan fingerprint density at radius 3 is 2.06 bits per heavy atom. The predicted octanol–water partition coefficient (Wildman–Crippen LogP) is 1.73. The normalized spacial score (nSPS) is 22.9. The van der Waals surface area contributed by atoms with Crippen LogP contribution in [-0.2, 0) is 41.9 Å². The Hall–Kier alpha value is -5.56. The smallest absolute Gasteiger partial charge is 0.410 e. The summed E-state index contributed by atoms with van der Waals surface area (Å²) in [6.45, 7) is 2.78. The summed E-state index contributed by atoms with van der Waals surface area (Å²) >= 11 is 1.24. The van der Waals surface area contributed by atoms with Crippen LogP contribution in [0.15, 0.2) is 59.1 Å². The van der Waals surface area contributed by atoms with Crippen molar-refractivity contribution < 1.29 is 48.4 Å². The molecule has 4 amide bonds. The van der Waals surface area contributed by atoms with Gasteiger partial charge in [-0.25, -0.2) is 9.59 Å². The Morgan fingerprint density at radius 1 is 1.00 bits per heavy atom. The van der Waals surface area contributed by atoms with Crippen LogP contribution in [0.5, 0.6) is 0 Å². The van der Waals surface area contributed by atoms with Crippen LogP contribution in [0.1, 0.15) is 31.4 Å². The molecule has 3 aliphatic rings. The fourth-order valence-corrected chi connectivity index (χ4v) is 7.96. The number of nitrogens with two attached hydrogens (primary N) is 1. The van der Waals surface area contributed by atoms with Crippen molar-refractivity contribution >= 4 is 52.9 Å². The van der Waals surface area contributed by atoms with Crippen LogP contribution in [0.3, 0.4) is 0 Å². The number of benzene rings is 2. The van der Waals surface area contributed by atoms with Crippen LogP contribution in [-0.4, -0.2) is 91.1 Å². The molecule has 4 N–H and O–H groups in total. The fraction of sp³-hybridized carbons (Fsp3) is 0.406. The van der Waals surface area contributed by atoms with Gasteiger partial charge in [0.05, 0.1) is 34.0 Å². The van der Waals surface area contributed by atoms with E-state index in [1.165, 1.54) is 77.0 Å². The molecule has 270 valence electrons. The number of primary amides is 1. The number of nitrogens with zero attached hydrogens (tertiary/aromatic N) is 4. The molecule has 18 nitrogen and oxygen atoms in total. The first-order valence-corrected chi connectivity index (χ1v) is 16.6. The number of hydrogen-bond acceptors (Lipinski definition) is 13. The highest BCUT2D eigenvalue weighted by Gasteiger charge is 2.60. The van der Waals surface area contributed by atoms with Gasteiger partial charge in [-0.05, 0) is 48.7 Å². The number of β-lactam (4-membered cyclic amide) rings is 1. The van der Waals surface area contributed by atoms with E-state index >= 15 is 0 Å². The van der Waals surface area contributed by atoms with E-state index in [4.69, 9.17) is 15.2 Å². The van der Waals surface area contributed by atoms with E-state index in [0.29, 0.717) is 16.0 Å². The minimum Gasteiger partial charge on any atom is -0.456 e. The minimum atomic E-state index is -1.21. The summed E-state index contributed by atoms with van der Waals surface area (Å²) in [5, 5.41) is 34.3. The first-order valence-electron chi connectivity index (χ1n) is 15.7. The molecule has 2 aromatic carbocycles. The topological polar surface area (TPSA) is 255 Å². The van der Waals surface area contributed by atoms with Gasteiger partial charge < -0.3 is 35.4 Å². The van der Waals surface area contributed by atoms with Crippen molar-refractivity contribution in [3.63, 3.8) is 0 Å². The van der Waals surface area contributed by atoms with Gasteiger partial charge in [-0.15, -0.1) is 11.8 Å². The lowest BCUT2D eigenvalue weighted by Gasteiger charge is -2.46. The van der Waals surface area contributed by atoms with Crippen molar-refractivity contribution in [2.24, 2.45) is 17.6 Å². The molecule has 6 atom stereocenters. The van der Waals surface area contributed by atoms with Gasteiger partial charge >= 0.3 is 23.9 Å². The first-order chi connectivity index (χ1) is 24.2. The van der Waals surface area contributed by atoms with Crippen LogP contribution >= 0.6 is 11.8 Å². The predicted molar refractivity (Wildman–Crippen MR) is 177 cm³/mol. The van der Waals surface area contributed by atoms with Crippen LogP contribution in [0.2, 0.25) is 0 Å². The maximum absolute atomic E-state index is 13.6. The monoisotopic (exact) mass is 726 g/mol. The zero-order valence-electron chi connectivity index (χ0n) is 27.3. The molecule has 51 heavy (non-hydrogen) atoms. The molecular formula is C32H34N6O12S. The van der Waals surface area contributed by atoms with Crippen LogP contribution in [0.25, 0.3) is 0 Å². The summed E-state index contributed by atoms with van der Waals surface area (Å²) in [6.07, 6.45) is -1.50. The number of likely N-dealkylation sites (tertiary alicyclic amines) is 1. The number of rotatable bonds is 12. The third-order valence-electron chi connectivity index (χ3n) is 8.95. The summed E-state index contributed by atoms with van der Waals surface area (Å²) in [6, 6.07) is 9.66. The number of aliphatic hydroxyl groups is 1. The lowest BCUT2D eigenvalue weighted by atomic mass is 9.79. The molecular weight excluding hydrogens is 692 g/mol. The van der Waals surface area contributed by atoms with E-state index in [2.05, 4.69) is 5.32 Å². The van der Waals surface area contributed by atoms with E-state index in [1.807, 2.05) is 6.92 Å². The standard InChI is InChI=1S/C32H34N6O12S/c1-16-25-24(17(2)39)30(42)36(25)26(31(43)49-14-18-3-7-20(8-4-18)37(45)46)27(16)51-23-11-22(12-34-29(41)28(33)40)35(13-23)32(44)50-15-19-5-9-21(10-6-19)38(47)48/h3-10,16-17,22-25,39H,11-15H2,1-2H3,(H2,33,40)(H,34,41)/t16-,17-,22+,23+,24-,25-/m1/s1. The number of carbonyl (C=O) groups is 5. The number of aliphatic hydroxyl groups excluding tert-OH is 1. The van der Waals surface area contributed by atoms with E-state index in [1.54, 1.807) is 0 Å². The number of nitro benzene ring substituents is 2. The molecule has 0 radical (unpaired) electrons. The van der Waals surface area contributed by atoms with Gasteiger partial charge in [0, 0.05) is 53.4 Å². The van der Waals surface area contributed by atoms with E-state index in [-0.39, 0.29) is 49.8 Å². The molecule has 0 spiro atoms. The molecule has 2 aromatic rings. The second kappa shape index (κ2) is 15.1. The molecule has 3 aliphatic heterocycles. The van der Waals surface area contributed by atoms with Gasteiger partial charge in [0.2, 0.25) is 5.91 Å². The Kier molecular flexibility index (Phi) is 10.9. The molecule has 0 unspecified atom stereocenters. The Balaban J connectivity index is 1.35. The summed E-state index contributed by atoms with van der Waals surface area (Å²) in [5.74, 6) is -4.70. The minimum absolute atomic E-state index is 0.000842. The maximum Gasteiger partial charge on any atom is 0.410 e. The molecule has 2 saturated heterocycles. The van der Waals surface area contributed by atoms with E-state index in [9.17, 15) is 49.3 Å². The number of nitro groups is 2. The van der Waals surface area contributed by atoms with Crippen LogP contribution < -0.4 is 11.1 Å². The number of nitrogens with one attached hydrogen (secondary N) is 1. The summed E-state index contributed by atoms with van der Waals surface area (Å²) < 4.78 is 11.1. The highest BCUT2D eigenvalue weighted by molar-refractivity contribution is 8.03. The molecule has 3 heterocycles. The lowest BCUT2D eigenvalue weighted by molar-refractivity contribution is -0.385. The Morgan fingerprint density at radius 2 is 1.55 bits per heavy atom. The van der Waals surface area contributed by atoms with Gasteiger partial charge in [-0.1, -0.05) is 6.92 Å². The number of non-ortho nitro benzene ring substituents is 2. The van der Waals surface area contributed by atoms with Crippen LogP contribution in [0, 0.1) is 32.1 Å². The van der Waals surface area contributed by atoms with Gasteiger partial charge in [-0.2, -0.15) is 0 Å². The molecule has 19 heteroatoms. The Labute approximate surface area is 294 Å². The first kappa shape index (κ1) is 36.7. The number of thioether (sulfide) groups is 1. The van der Waals surface area contributed by atoms with Crippen molar-refractivity contribution in [2.75, 3.05) is 13.1 Å². The third kappa shape index (κ3) is 7.78. The van der Waals surface area contributed by atoms with E-state index in [0.717, 1.165) is 0 Å². The van der Waals surface area contributed by atoms with Crippen LogP contribution in [0.4, 0.5) is 16.2 Å². The van der Waals surface area contributed by atoms with Crippen molar-refractivity contribution in [1.82, 2.24) is 15.1 Å². The molecule has 0 aromatic heterocycles. The lowest BCUT2D eigenvalue weighted by Crippen LogP contribution is -2.63. The largest absolute Gasteiger partial charge is 0.456 e. The average molecular weight is 727 g/mol. The average Bonchev–Trinajstić information content (AvgIpc) is 3.61. The van der Waals surface area contributed by atoms with E-state index < -0.39 is 74.9 Å². The molecule has 5 rings (SSSR count). The number of amides is 4. The summed E-state index contributed by atoms with van der Waals surface area (Å²) in [7, 11) is 0. The second-order valence-electron chi connectivity index (χ2n) is 12.3. The summed E-state index contributed by atoms with van der Waals surface area (Å²) in [5.41, 5.74) is 5.77. The van der Waals surface area contributed by atoms with Crippen molar-refractivity contribution in [2.45, 2.75) is 56.9 Å². The third-order valence-corrected chi connectivity index (χ3v) is 10.4. The maximum atomic E-state index is 13.6. The fourth-order valence-electron chi connectivity index (χ4n) is 6.40. The Bertz CT molecular complexity index is 1780. The van der Waals surface area contributed by atoms with Gasteiger partial charge in [0.15, 0.2) is 0 Å². The number of fused-ring (bicyclic) bond motifs is 1. The van der Waals surface area contributed by atoms with Gasteiger partial charge in [0.1, 0.15) is 18.9 Å². The number of esters is 1. The van der Waals surface area contributed by atoms with Crippen molar-refractivity contribution in [3.05, 3.63) is 90.5 Å². The molecule has 0 saturated carbocycles. The van der Waals surface area contributed by atoms with Gasteiger partial charge in [-0.3, -0.25) is 34.6 Å². The second-order valence-corrected chi connectivity index (χ2v) is 13.6. The van der Waals surface area contributed by atoms with Crippen molar-refractivity contribution in [1.29, 1.82) is 0 Å². The van der Waals surface area contributed by atoms with Gasteiger partial charge in [0.25, 0.3) is 11.4 Å². The molecule has 0 bridgehead atoms. The highest BCUT2D eigenvalue weighted by Crippen LogP contribution is 2.52. The SMILES string of the molecule is C[C@@H](O)[C@H]1C(=O)N2C(C(=O)OCc3ccc([N+](=O)[O-])cc3)=C(S[C@H]3C[C@@H](CNC(=O)C(N)=O)N(C(=O)OCc4ccc([N+](=O)[O-])cc4)C3)[C@H](C)[C@H]12. The number of hydrogen-bond donors (Lipinski definition) is 3. The zero-order valence-corrected chi connectivity index (χ0v) is 28.1. The number of carbonyl (C=O) groups excluding carboxylic acids is 5. The summed E-state index contributed by atoms with van der Waals surface area (Å²) in [4.78, 5) is 87.5. The zero-order chi connectivity index (χ0) is 37.1. The number of ether oxygens (including phenoxy) is 2. The molecule has 2 fully saturated rings. The highest BCUT2D eigenvalue weighted by atomic mass is 32.2. The molecule has 0 aliphatic carbocycles. The quantitative estimate of drug-likeness (QED) is 0.0927. The van der Waals surface area contributed by atoms with Crippen molar-refractivity contribution in [3.8, 4) is 0 Å².